The van der Waals surface area contributed by atoms with Crippen LogP contribution in [0.2, 0.25) is 0 Å². The van der Waals surface area contributed by atoms with E-state index in [2.05, 4.69) is 18.1 Å². The third kappa shape index (κ3) is 4.07. The average Bonchev–Trinajstić information content (AvgIpc) is 2.96. The highest BCUT2D eigenvalue weighted by Gasteiger charge is 2.10. The van der Waals surface area contributed by atoms with Crippen LogP contribution in [0.25, 0.3) is 0 Å². The van der Waals surface area contributed by atoms with Crippen molar-refractivity contribution in [1.29, 1.82) is 5.26 Å². The Balaban J connectivity index is 1.84. The normalized spacial score (nSPS) is 11.8. The summed E-state index contributed by atoms with van der Waals surface area (Å²) in [6.45, 7) is 2.72. The van der Waals surface area contributed by atoms with Gasteiger partial charge in [-0.2, -0.15) is 22.1 Å². The minimum Gasteiger partial charge on any atom is -0.265 e. The number of nitro groups is 1. The Morgan fingerprint density at radius 3 is 2.76 bits per heavy atom. The van der Waals surface area contributed by atoms with Gasteiger partial charge in [-0.3, -0.25) is 14.8 Å². The molecule has 0 saturated heterocycles. The summed E-state index contributed by atoms with van der Waals surface area (Å²) in [6.07, 6.45) is 2.70. The van der Waals surface area contributed by atoms with Crippen molar-refractivity contribution in [1.82, 2.24) is 9.78 Å². The van der Waals surface area contributed by atoms with Gasteiger partial charge in [-0.1, -0.05) is 12.1 Å². The first-order chi connectivity index (χ1) is 10.1. The highest BCUT2D eigenvalue weighted by atomic mass is 32.2. The van der Waals surface area contributed by atoms with Crippen molar-refractivity contribution in [3.8, 4) is 6.07 Å². The molecule has 1 atom stereocenters. The summed E-state index contributed by atoms with van der Waals surface area (Å²) < 4.78 is 1.58. The second-order valence-electron chi connectivity index (χ2n) is 4.47. The van der Waals surface area contributed by atoms with Gasteiger partial charge in [0.15, 0.2) is 0 Å². The van der Waals surface area contributed by atoms with Gasteiger partial charge in [0.1, 0.15) is 12.4 Å². The van der Waals surface area contributed by atoms with Gasteiger partial charge >= 0.3 is 5.69 Å². The Hall–Kier alpha value is -2.33. The van der Waals surface area contributed by atoms with Gasteiger partial charge in [-0.25, -0.2) is 0 Å². The van der Waals surface area contributed by atoms with Gasteiger partial charge in [0.25, 0.3) is 0 Å². The second-order valence-corrected chi connectivity index (χ2v) is 5.91. The van der Waals surface area contributed by atoms with E-state index in [1.807, 2.05) is 24.3 Å². The SMILES string of the molecule is C[C@H](SCCn1cc([N+](=O)[O-])cn1)c1ccc(C#N)cc1. The van der Waals surface area contributed by atoms with Crippen LogP contribution in [-0.4, -0.2) is 20.5 Å². The summed E-state index contributed by atoms with van der Waals surface area (Å²) in [4.78, 5) is 10.1. The zero-order valence-corrected chi connectivity index (χ0v) is 12.3. The standard InChI is InChI=1S/C14H14N4O2S/c1-11(13-4-2-12(8-15)3-5-13)21-7-6-17-10-14(9-16-17)18(19)20/h2-5,9-11H,6-7H2,1H3/t11-/m0/s1. The molecule has 6 nitrogen and oxygen atoms in total. The number of aromatic nitrogens is 2. The molecule has 0 spiro atoms. The lowest BCUT2D eigenvalue weighted by atomic mass is 10.1. The third-order valence-electron chi connectivity index (χ3n) is 3.03. The topological polar surface area (TPSA) is 84.8 Å². The summed E-state index contributed by atoms with van der Waals surface area (Å²) in [5.41, 5.74) is 1.82. The molecule has 1 heterocycles. The molecule has 0 fully saturated rings. The fourth-order valence-corrected chi connectivity index (χ4v) is 2.81. The number of rotatable bonds is 6. The lowest BCUT2D eigenvalue weighted by Crippen LogP contribution is -2.02. The molecule has 0 aliphatic carbocycles. The van der Waals surface area contributed by atoms with Gasteiger partial charge in [-0.15, -0.1) is 0 Å². The van der Waals surface area contributed by atoms with E-state index in [4.69, 9.17) is 5.26 Å². The molecule has 0 aliphatic heterocycles. The molecule has 0 unspecified atom stereocenters. The first-order valence-electron chi connectivity index (χ1n) is 6.38. The van der Waals surface area contributed by atoms with Gasteiger partial charge < -0.3 is 0 Å². The molecule has 0 N–H and O–H groups in total. The first-order valence-corrected chi connectivity index (χ1v) is 7.43. The number of hydrogen-bond acceptors (Lipinski definition) is 5. The molecule has 0 bridgehead atoms. The van der Waals surface area contributed by atoms with Crippen molar-refractivity contribution in [2.75, 3.05) is 5.75 Å². The monoisotopic (exact) mass is 302 g/mol. The Bertz CT molecular complexity index is 660. The highest BCUT2D eigenvalue weighted by molar-refractivity contribution is 7.99. The molecule has 108 valence electrons. The van der Waals surface area contributed by atoms with Gasteiger partial charge in [0.2, 0.25) is 0 Å². The summed E-state index contributed by atoms with van der Waals surface area (Å²) in [5.74, 6) is 0.806. The fraction of sp³-hybridized carbons (Fsp3) is 0.286. The molecule has 1 aromatic carbocycles. The van der Waals surface area contributed by atoms with Gasteiger partial charge in [-0.05, 0) is 24.6 Å². The molecule has 2 aromatic rings. The maximum Gasteiger partial charge on any atom is 0.306 e. The highest BCUT2D eigenvalue weighted by Crippen LogP contribution is 2.28. The van der Waals surface area contributed by atoms with Crippen LogP contribution in [0.15, 0.2) is 36.7 Å². The number of thioether (sulfide) groups is 1. The van der Waals surface area contributed by atoms with Crippen LogP contribution in [0, 0.1) is 21.4 Å². The summed E-state index contributed by atoms with van der Waals surface area (Å²) in [7, 11) is 0. The van der Waals surface area contributed by atoms with Crippen LogP contribution in [0.5, 0.6) is 0 Å². The van der Waals surface area contributed by atoms with Crippen LogP contribution in [0.3, 0.4) is 0 Å². The molecule has 7 heteroatoms. The van der Waals surface area contributed by atoms with Gasteiger partial charge in [0.05, 0.1) is 23.1 Å². The average molecular weight is 302 g/mol. The molecule has 0 radical (unpaired) electrons. The number of nitriles is 1. The summed E-state index contributed by atoms with van der Waals surface area (Å²) in [6, 6.07) is 9.62. The summed E-state index contributed by atoms with van der Waals surface area (Å²) >= 11 is 1.74. The number of nitrogens with zero attached hydrogens (tertiary/aromatic N) is 4. The van der Waals surface area contributed by atoms with Crippen LogP contribution < -0.4 is 0 Å². The van der Waals surface area contributed by atoms with E-state index in [1.54, 1.807) is 16.4 Å². The van der Waals surface area contributed by atoms with Crippen molar-refractivity contribution in [2.45, 2.75) is 18.7 Å². The third-order valence-corrected chi connectivity index (χ3v) is 4.22. The number of hydrogen-bond donors (Lipinski definition) is 0. The largest absolute Gasteiger partial charge is 0.306 e. The van der Waals surface area contributed by atoms with Crippen LogP contribution >= 0.6 is 11.8 Å². The Kier molecular flexibility index (Phi) is 4.95. The van der Waals surface area contributed by atoms with Crippen molar-refractivity contribution in [3.05, 3.63) is 57.9 Å². The fourth-order valence-electron chi connectivity index (χ4n) is 1.82. The lowest BCUT2D eigenvalue weighted by molar-refractivity contribution is -0.385. The van der Waals surface area contributed by atoms with E-state index in [0.29, 0.717) is 17.4 Å². The number of benzene rings is 1. The van der Waals surface area contributed by atoms with E-state index in [9.17, 15) is 10.1 Å². The molecular weight excluding hydrogens is 288 g/mol. The van der Waals surface area contributed by atoms with E-state index in [0.717, 1.165) is 11.3 Å². The van der Waals surface area contributed by atoms with Crippen molar-refractivity contribution >= 4 is 17.4 Å². The second kappa shape index (κ2) is 6.90. The lowest BCUT2D eigenvalue weighted by Gasteiger charge is -2.11. The molecule has 0 amide bonds. The number of aryl methyl sites for hydroxylation is 1. The van der Waals surface area contributed by atoms with Crippen molar-refractivity contribution in [2.24, 2.45) is 0 Å². The maximum absolute atomic E-state index is 10.6. The molecule has 0 saturated carbocycles. The maximum atomic E-state index is 10.6. The van der Waals surface area contributed by atoms with E-state index < -0.39 is 4.92 Å². The van der Waals surface area contributed by atoms with E-state index in [1.165, 1.54) is 12.4 Å². The predicted molar refractivity (Wildman–Crippen MR) is 80.9 cm³/mol. The zero-order valence-electron chi connectivity index (χ0n) is 11.5. The smallest absolute Gasteiger partial charge is 0.265 e. The molecule has 1 aromatic heterocycles. The van der Waals surface area contributed by atoms with Crippen molar-refractivity contribution < 1.29 is 4.92 Å². The van der Waals surface area contributed by atoms with Crippen LogP contribution in [0.1, 0.15) is 23.3 Å². The summed E-state index contributed by atoms with van der Waals surface area (Å²) in [5, 5.41) is 23.6. The minimum absolute atomic E-state index is 0.0140. The van der Waals surface area contributed by atoms with Crippen LogP contribution in [0.4, 0.5) is 5.69 Å². The molecule has 2 rings (SSSR count). The Morgan fingerprint density at radius 2 is 2.19 bits per heavy atom. The molecule has 21 heavy (non-hydrogen) atoms. The van der Waals surface area contributed by atoms with E-state index in [-0.39, 0.29) is 5.69 Å². The molecule has 0 aliphatic rings. The quantitative estimate of drug-likeness (QED) is 0.604. The Labute approximate surface area is 126 Å². The Morgan fingerprint density at radius 1 is 1.48 bits per heavy atom. The van der Waals surface area contributed by atoms with Crippen molar-refractivity contribution in [3.63, 3.8) is 0 Å². The minimum atomic E-state index is -0.448. The molecular formula is C14H14N4O2S. The van der Waals surface area contributed by atoms with Crippen LogP contribution in [-0.2, 0) is 6.54 Å². The zero-order chi connectivity index (χ0) is 15.2. The van der Waals surface area contributed by atoms with Gasteiger partial charge in [0, 0.05) is 11.0 Å². The first kappa shape index (κ1) is 15.1. The predicted octanol–water partition coefficient (Wildman–Crippen LogP) is 3.16. The van der Waals surface area contributed by atoms with E-state index >= 15 is 0 Å².